The summed E-state index contributed by atoms with van der Waals surface area (Å²) >= 11 is 17.4. The number of halogens is 2. The minimum atomic E-state index is -0.630. The monoisotopic (exact) mass is 550 g/mol. The number of benzene rings is 2. The van der Waals surface area contributed by atoms with Crippen LogP contribution >= 0.6 is 35.4 Å². The standard InChI is InChI=1S/C24H24Cl2N4O5S/c1-4-34-23(32)20-13(2)28-24(36)29-21(20)16-7-5-6-8-18(16)35-12-19(31)30-27-11-14-9-15(25)10-17(26)22(14)33-3/h5-11,21H,4,12H2,1-3H3,(H,30,31)(H2,28,29,36)/t21-/m1/s1. The van der Waals surface area contributed by atoms with Crippen LogP contribution in [0.15, 0.2) is 52.8 Å². The first-order valence-electron chi connectivity index (χ1n) is 10.8. The van der Waals surface area contributed by atoms with Crippen molar-refractivity contribution in [1.82, 2.24) is 16.1 Å². The zero-order chi connectivity index (χ0) is 26.2. The maximum absolute atomic E-state index is 12.6. The summed E-state index contributed by atoms with van der Waals surface area (Å²) < 4.78 is 16.2. The predicted octanol–water partition coefficient (Wildman–Crippen LogP) is 3.89. The zero-order valence-corrected chi connectivity index (χ0v) is 22.0. The Balaban J connectivity index is 1.73. The van der Waals surface area contributed by atoms with Crippen molar-refractivity contribution in [2.45, 2.75) is 19.9 Å². The van der Waals surface area contributed by atoms with Crippen molar-refractivity contribution in [3.63, 3.8) is 0 Å². The van der Waals surface area contributed by atoms with Gasteiger partial charge in [-0.3, -0.25) is 4.79 Å². The highest BCUT2D eigenvalue weighted by atomic mass is 35.5. The quantitative estimate of drug-likeness (QED) is 0.187. The highest BCUT2D eigenvalue weighted by Crippen LogP contribution is 2.34. The molecule has 0 radical (unpaired) electrons. The van der Waals surface area contributed by atoms with E-state index < -0.39 is 17.9 Å². The van der Waals surface area contributed by atoms with Crippen molar-refractivity contribution < 1.29 is 23.8 Å². The van der Waals surface area contributed by atoms with Gasteiger partial charge in [-0.2, -0.15) is 5.10 Å². The van der Waals surface area contributed by atoms with Crippen LogP contribution in [0.2, 0.25) is 10.0 Å². The number of amides is 1. The maximum atomic E-state index is 12.6. The molecule has 0 fully saturated rings. The summed E-state index contributed by atoms with van der Waals surface area (Å²) in [6.45, 7) is 3.35. The van der Waals surface area contributed by atoms with E-state index in [9.17, 15) is 9.59 Å². The van der Waals surface area contributed by atoms with Crippen LogP contribution in [-0.4, -0.2) is 43.5 Å². The Labute approximate surface area is 223 Å². The molecule has 2 aromatic rings. The van der Waals surface area contributed by atoms with Gasteiger partial charge >= 0.3 is 5.97 Å². The fourth-order valence-electron chi connectivity index (χ4n) is 3.50. The Bertz CT molecular complexity index is 1230. The van der Waals surface area contributed by atoms with Gasteiger partial charge in [0.05, 0.1) is 36.6 Å². The molecule has 0 spiro atoms. The van der Waals surface area contributed by atoms with Crippen LogP contribution in [0.1, 0.15) is 31.0 Å². The fourth-order valence-corrected chi connectivity index (χ4v) is 4.36. The van der Waals surface area contributed by atoms with E-state index in [4.69, 9.17) is 49.6 Å². The minimum Gasteiger partial charge on any atom is -0.495 e. The molecule has 3 rings (SSSR count). The molecule has 1 amide bonds. The number of thiocarbonyl (C=S) groups is 1. The molecule has 12 heteroatoms. The van der Waals surface area contributed by atoms with Gasteiger partial charge in [-0.1, -0.05) is 41.4 Å². The highest BCUT2D eigenvalue weighted by Gasteiger charge is 2.32. The second-order valence-electron chi connectivity index (χ2n) is 7.42. The van der Waals surface area contributed by atoms with Crippen LogP contribution in [0.4, 0.5) is 0 Å². The summed E-state index contributed by atoms with van der Waals surface area (Å²) in [5.74, 6) is -0.241. The number of nitrogens with one attached hydrogen (secondary N) is 3. The van der Waals surface area contributed by atoms with Crippen LogP contribution in [0, 0.1) is 0 Å². The number of hydrogen-bond acceptors (Lipinski definition) is 7. The number of carbonyl (C=O) groups excluding carboxylic acids is 2. The molecule has 0 aromatic heterocycles. The first kappa shape index (κ1) is 27.3. The molecule has 0 saturated heterocycles. The fraction of sp³-hybridized carbons (Fsp3) is 0.250. The van der Waals surface area contributed by atoms with Gasteiger partial charge < -0.3 is 24.8 Å². The van der Waals surface area contributed by atoms with Crippen molar-refractivity contribution in [3.8, 4) is 11.5 Å². The molecular formula is C24H24Cl2N4O5S. The Morgan fingerprint density at radius 2 is 2.00 bits per heavy atom. The van der Waals surface area contributed by atoms with Crippen molar-refractivity contribution in [2.75, 3.05) is 20.3 Å². The maximum Gasteiger partial charge on any atom is 0.338 e. The molecule has 9 nitrogen and oxygen atoms in total. The van der Waals surface area contributed by atoms with Gasteiger partial charge in [0.25, 0.3) is 5.91 Å². The zero-order valence-electron chi connectivity index (χ0n) is 19.7. The Morgan fingerprint density at radius 1 is 1.25 bits per heavy atom. The number of ether oxygens (including phenoxy) is 3. The van der Waals surface area contributed by atoms with Crippen LogP contribution < -0.4 is 25.5 Å². The largest absolute Gasteiger partial charge is 0.495 e. The van der Waals surface area contributed by atoms with E-state index in [0.717, 1.165) is 0 Å². The third kappa shape index (κ3) is 6.66. The van der Waals surface area contributed by atoms with Gasteiger partial charge in [0.2, 0.25) is 0 Å². The van der Waals surface area contributed by atoms with E-state index in [2.05, 4.69) is 21.2 Å². The first-order valence-corrected chi connectivity index (χ1v) is 11.9. The van der Waals surface area contributed by atoms with E-state index in [0.29, 0.717) is 49.1 Å². The van der Waals surface area contributed by atoms with Gasteiger partial charge in [0.1, 0.15) is 11.5 Å². The molecule has 190 valence electrons. The number of hydrazone groups is 1. The van der Waals surface area contributed by atoms with E-state index in [1.165, 1.54) is 19.4 Å². The number of methoxy groups -OCH3 is 1. The number of hydrogen-bond donors (Lipinski definition) is 3. The molecule has 0 saturated carbocycles. The summed E-state index contributed by atoms with van der Waals surface area (Å²) in [6, 6.07) is 9.52. The number of allylic oxidation sites excluding steroid dienone is 1. The third-order valence-corrected chi connectivity index (χ3v) is 5.71. The number of rotatable bonds is 9. The van der Waals surface area contributed by atoms with Gasteiger partial charge in [-0.25, -0.2) is 10.2 Å². The lowest BCUT2D eigenvalue weighted by Crippen LogP contribution is -2.45. The summed E-state index contributed by atoms with van der Waals surface area (Å²) in [5.41, 5.74) is 4.42. The van der Waals surface area contributed by atoms with Crippen molar-refractivity contribution in [1.29, 1.82) is 0 Å². The second-order valence-corrected chi connectivity index (χ2v) is 8.67. The van der Waals surface area contributed by atoms with Crippen molar-refractivity contribution >= 4 is 58.6 Å². The SMILES string of the molecule is CCOC(=O)C1=C(C)NC(=S)N[C@@H]1c1ccccc1OCC(=O)NN=Cc1cc(Cl)cc(Cl)c1OC. The van der Waals surface area contributed by atoms with E-state index in [1.54, 1.807) is 44.2 Å². The molecule has 0 aliphatic carbocycles. The molecule has 1 aliphatic rings. The molecule has 1 atom stereocenters. The molecule has 36 heavy (non-hydrogen) atoms. The predicted molar refractivity (Wildman–Crippen MR) is 142 cm³/mol. The number of carbonyl (C=O) groups is 2. The van der Waals surface area contributed by atoms with Crippen molar-refractivity contribution in [2.24, 2.45) is 5.10 Å². The van der Waals surface area contributed by atoms with Crippen LogP contribution in [0.3, 0.4) is 0 Å². The smallest absolute Gasteiger partial charge is 0.338 e. The average molecular weight is 551 g/mol. The first-order chi connectivity index (χ1) is 17.2. The van der Waals surface area contributed by atoms with Gasteiger partial charge in [0.15, 0.2) is 11.7 Å². The lowest BCUT2D eigenvalue weighted by molar-refractivity contribution is -0.139. The summed E-state index contributed by atoms with van der Waals surface area (Å²) in [5, 5.41) is 11.0. The summed E-state index contributed by atoms with van der Waals surface area (Å²) in [6.07, 6.45) is 1.36. The Morgan fingerprint density at radius 3 is 2.72 bits per heavy atom. The normalized spacial score (nSPS) is 15.2. The lowest BCUT2D eigenvalue weighted by Gasteiger charge is -2.30. The molecule has 0 bridgehead atoms. The molecule has 0 unspecified atom stereocenters. The lowest BCUT2D eigenvalue weighted by atomic mass is 9.95. The van der Waals surface area contributed by atoms with E-state index in [1.807, 2.05) is 0 Å². The van der Waals surface area contributed by atoms with Gasteiger partial charge in [-0.15, -0.1) is 0 Å². The molecule has 3 N–H and O–H groups in total. The van der Waals surface area contributed by atoms with Crippen molar-refractivity contribution in [3.05, 3.63) is 68.8 Å². The van der Waals surface area contributed by atoms with Crippen LogP contribution in [-0.2, 0) is 14.3 Å². The Hall–Kier alpha value is -3.34. The minimum absolute atomic E-state index is 0.221. The third-order valence-electron chi connectivity index (χ3n) is 4.99. The van der Waals surface area contributed by atoms with E-state index >= 15 is 0 Å². The van der Waals surface area contributed by atoms with Crippen LogP contribution in [0.5, 0.6) is 11.5 Å². The Kier molecular flexibility index (Phi) is 9.51. The topological polar surface area (TPSA) is 110 Å². The summed E-state index contributed by atoms with van der Waals surface area (Å²) in [7, 11) is 1.46. The number of para-hydroxylation sites is 1. The second kappa shape index (κ2) is 12.6. The highest BCUT2D eigenvalue weighted by molar-refractivity contribution is 7.80. The molecule has 2 aromatic carbocycles. The molecule has 1 aliphatic heterocycles. The van der Waals surface area contributed by atoms with E-state index in [-0.39, 0.29) is 13.2 Å². The van der Waals surface area contributed by atoms with Gasteiger partial charge in [0, 0.05) is 21.8 Å². The molecular weight excluding hydrogens is 527 g/mol. The average Bonchev–Trinajstić information content (AvgIpc) is 2.82. The molecule has 1 heterocycles. The van der Waals surface area contributed by atoms with Gasteiger partial charge in [-0.05, 0) is 44.3 Å². The van der Waals surface area contributed by atoms with Crippen LogP contribution in [0.25, 0.3) is 0 Å². The number of esters is 1. The summed E-state index contributed by atoms with van der Waals surface area (Å²) in [4.78, 5) is 25.0. The number of nitrogens with zero attached hydrogens (tertiary/aromatic N) is 1.